The number of nitro groups is 2. The molecule has 0 heterocycles. The molecule has 3 rings (SSSR count). The zero-order chi connectivity index (χ0) is 32.4. The number of nitrogens with zero attached hydrogens (tertiary/aromatic N) is 5. The van der Waals surface area contributed by atoms with E-state index in [9.17, 15) is 39.0 Å². The number of hydrogen-bond acceptors (Lipinski definition) is 12. The lowest BCUT2D eigenvalue weighted by Gasteiger charge is -2.27. The van der Waals surface area contributed by atoms with Crippen molar-refractivity contribution in [3.63, 3.8) is 0 Å². The third-order valence-corrected chi connectivity index (χ3v) is 5.89. The van der Waals surface area contributed by atoms with Crippen molar-refractivity contribution in [2.45, 2.75) is 26.8 Å². The summed E-state index contributed by atoms with van der Waals surface area (Å²) in [6, 6.07) is 13.0. The molecule has 44 heavy (non-hydrogen) atoms. The van der Waals surface area contributed by atoms with E-state index in [0.29, 0.717) is 17.8 Å². The van der Waals surface area contributed by atoms with Crippen LogP contribution in [0.25, 0.3) is 0 Å². The van der Waals surface area contributed by atoms with Crippen LogP contribution < -0.4 is 15.0 Å². The Kier molecular flexibility index (Phi) is 11.1. The Hall–Kier alpha value is -5.80. The van der Waals surface area contributed by atoms with Gasteiger partial charge in [-0.1, -0.05) is 30.3 Å². The average molecular weight is 611 g/mol. The largest absolute Gasteiger partial charge is 0.494 e. The second kappa shape index (κ2) is 14.9. The fraction of sp³-hybridized carbons (Fsp3) is 0.250. The molecule has 0 aliphatic heterocycles. The molecule has 230 valence electrons. The summed E-state index contributed by atoms with van der Waals surface area (Å²) < 4.78 is 24.8. The number of benzene rings is 3. The number of rotatable bonds is 14. The molecule has 1 amide bonds. The highest BCUT2D eigenvalue weighted by Crippen LogP contribution is 2.41. The molecule has 0 radical (unpaired) electrons. The Morgan fingerprint density at radius 2 is 1.61 bits per heavy atom. The summed E-state index contributed by atoms with van der Waals surface area (Å²) in [6.45, 7) is 2.55. The van der Waals surface area contributed by atoms with Crippen LogP contribution in [-0.2, 0) is 25.7 Å². The number of hydrogen-bond donors (Lipinski definition) is 1. The fourth-order valence-corrected chi connectivity index (χ4v) is 3.92. The van der Waals surface area contributed by atoms with Gasteiger partial charge in [0.15, 0.2) is 11.5 Å². The molecule has 0 aliphatic carbocycles. The molecule has 0 saturated carbocycles. The van der Waals surface area contributed by atoms with E-state index in [0.717, 1.165) is 5.56 Å². The van der Waals surface area contributed by atoms with Gasteiger partial charge in [0, 0.05) is 32.1 Å². The summed E-state index contributed by atoms with van der Waals surface area (Å²) in [7, 11) is 1.36. The Labute approximate surface area is 249 Å². The van der Waals surface area contributed by atoms with Crippen molar-refractivity contribution in [3.8, 4) is 5.75 Å². The van der Waals surface area contributed by atoms with Crippen LogP contribution in [0.1, 0.15) is 25.8 Å². The highest BCUT2D eigenvalue weighted by atomic mass is 19.1. The van der Waals surface area contributed by atoms with Crippen molar-refractivity contribution in [3.05, 3.63) is 86.2 Å². The van der Waals surface area contributed by atoms with Gasteiger partial charge in [-0.2, -0.15) is 4.39 Å². The maximum absolute atomic E-state index is 14.3. The van der Waals surface area contributed by atoms with E-state index in [4.69, 9.17) is 9.47 Å². The number of carbonyl (C=O) groups is 3. The number of nitrogens with one attached hydrogen (secondary N) is 1. The van der Waals surface area contributed by atoms with Crippen LogP contribution in [0.3, 0.4) is 0 Å². The fourth-order valence-electron chi connectivity index (χ4n) is 3.92. The van der Waals surface area contributed by atoms with E-state index in [-0.39, 0.29) is 49.0 Å². The molecule has 0 spiro atoms. The zero-order valence-electron chi connectivity index (χ0n) is 23.8. The Morgan fingerprint density at radius 3 is 2.20 bits per heavy atom. The van der Waals surface area contributed by atoms with Crippen LogP contribution in [0.5, 0.6) is 5.75 Å². The Morgan fingerprint density at radius 1 is 0.955 bits per heavy atom. The maximum atomic E-state index is 14.3. The van der Waals surface area contributed by atoms with Crippen LogP contribution in [0.4, 0.5) is 38.5 Å². The van der Waals surface area contributed by atoms with Crippen molar-refractivity contribution in [1.82, 2.24) is 0 Å². The lowest BCUT2D eigenvalue weighted by molar-refractivity contribution is -0.395. The van der Waals surface area contributed by atoms with Crippen LogP contribution >= 0.6 is 0 Å². The molecule has 0 unspecified atom stereocenters. The van der Waals surface area contributed by atoms with Crippen LogP contribution in [0.2, 0.25) is 0 Å². The maximum Gasteiger partial charge on any atom is 0.311 e. The zero-order valence-corrected chi connectivity index (χ0v) is 23.8. The third-order valence-electron chi connectivity index (χ3n) is 5.89. The minimum atomic E-state index is -1.36. The van der Waals surface area contributed by atoms with E-state index in [2.05, 4.69) is 15.5 Å². The molecular formula is C28H27FN6O9. The van der Waals surface area contributed by atoms with E-state index in [1.165, 1.54) is 33.1 Å². The van der Waals surface area contributed by atoms with Gasteiger partial charge in [-0.15, -0.1) is 10.2 Å². The average Bonchev–Trinajstić information content (AvgIpc) is 2.97. The van der Waals surface area contributed by atoms with Gasteiger partial charge < -0.3 is 19.7 Å². The molecule has 0 aliphatic rings. The minimum absolute atomic E-state index is 0.0469. The van der Waals surface area contributed by atoms with E-state index >= 15 is 0 Å². The van der Waals surface area contributed by atoms with Gasteiger partial charge in [0.1, 0.15) is 18.0 Å². The molecule has 0 saturated heterocycles. The molecule has 3 aromatic rings. The van der Waals surface area contributed by atoms with Gasteiger partial charge in [-0.25, -0.2) is 0 Å². The Balaban J connectivity index is 2.08. The molecule has 0 bridgehead atoms. The minimum Gasteiger partial charge on any atom is -0.494 e. The van der Waals surface area contributed by atoms with Gasteiger partial charge in [0.25, 0.3) is 0 Å². The Bertz CT molecular complexity index is 1610. The van der Waals surface area contributed by atoms with Crippen molar-refractivity contribution in [2.75, 3.05) is 30.5 Å². The summed E-state index contributed by atoms with van der Waals surface area (Å²) in [4.78, 5) is 57.8. The second-order valence-corrected chi connectivity index (χ2v) is 9.25. The van der Waals surface area contributed by atoms with Crippen molar-refractivity contribution >= 4 is 51.8 Å². The quantitative estimate of drug-likeness (QED) is 0.104. The van der Waals surface area contributed by atoms with E-state index < -0.39 is 44.6 Å². The number of carbonyl (C=O) groups excluding carboxylic acids is 3. The summed E-state index contributed by atoms with van der Waals surface area (Å²) in [5.41, 5.74) is -1.27. The van der Waals surface area contributed by atoms with E-state index in [1.807, 2.05) is 30.3 Å². The van der Waals surface area contributed by atoms with Crippen molar-refractivity contribution < 1.29 is 38.1 Å². The van der Waals surface area contributed by atoms with Gasteiger partial charge in [-0.3, -0.25) is 34.6 Å². The molecule has 3 aromatic carbocycles. The number of halogens is 1. The molecule has 0 fully saturated rings. The van der Waals surface area contributed by atoms with Gasteiger partial charge in [-0.05, 0) is 18.6 Å². The number of anilines is 2. The molecule has 0 aromatic heterocycles. The van der Waals surface area contributed by atoms with Gasteiger partial charge >= 0.3 is 17.3 Å². The lowest BCUT2D eigenvalue weighted by Crippen LogP contribution is -2.27. The summed E-state index contributed by atoms with van der Waals surface area (Å²) >= 11 is 0. The highest BCUT2D eigenvalue weighted by Gasteiger charge is 2.25. The number of ether oxygens (including phenoxy) is 2. The summed E-state index contributed by atoms with van der Waals surface area (Å²) in [5.74, 6) is -2.59. The van der Waals surface area contributed by atoms with Gasteiger partial charge in [0.2, 0.25) is 11.7 Å². The number of ketones is 1. The monoisotopic (exact) mass is 610 g/mol. The first-order valence-electron chi connectivity index (χ1n) is 12.9. The normalized spacial score (nSPS) is 10.7. The smallest absolute Gasteiger partial charge is 0.311 e. The first-order valence-corrected chi connectivity index (χ1v) is 12.9. The standard InChI is InChI=1S/C28H27FN6O9/c1-17(36)16-44-28(38)9-10-33(15-19-7-5-4-6-8-19)26-12-21(30-18(2)37)22(13-27(26)43-3)31-32-23-11-20(29)24(34(39)40)14-25(23)35(41)42/h4-8,11-14H,9-10,15-16H2,1-3H3,(H,30,37). The number of amides is 1. The van der Waals surface area contributed by atoms with E-state index in [1.54, 1.807) is 4.90 Å². The second-order valence-electron chi connectivity index (χ2n) is 9.25. The SMILES string of the molecule is COc1cc(N=Nc2cc(F)c([N+](=O)[O-])cc2[N+](=O)[O-])c(NC(C)=O)cc1N(CCC(=O)OCC(C)=O)Cc1ccccc1. The number of nitro benzene ring substituents is 2. The topological polar surface area (TPSA) is 196 Å². The number of esters is 1. The molecule has 16 heteroatoms. The first-order chi connectivity index (χ1) is 20.9. The molecular weight excluding hydrogens is 583 g/mol. The lowest BCUT2D eigenvalue weighted by atomic mass is 10.1. The summed E-state index contributed by atoms with van der Waals surface area (Å²) in [6.07, 6.45) is -0.102. The molecule has 0 atom stereocenters. The van der Waals surface area contributed by atoms with Crippen LogP contribution in [-0.4, -0.2) is 47.8 Å². The van der Waals surface area contributed by atoms with Gasteiger partial charge in [0.05, 0.1) is 40.8 Å². The predicted molar refractivity (Wildman–Crippen MR) is 155 cm³/mol. The summed E-state index contributed by atoms with van der Waals surface area (Å²) in [5, 5.41) is 32.9. The predicted octanol–water partition coefficient (Wildman–Crippen LogP) is 5.55. The third kappa shape index (κ3) is 8.85. The molecule has 15 nitrogen and oxygen atoms in total. The van der Waals surface area contributed by atoms with Crippen LogP contribution in [0.15, 0.2) is 64.8 Å². The van der Waals surface area contributed by atoms with Crippen molar-refractivity contribution in [2.24, 2.45) is 10.2 Å². The van der Waals surface area contributed by atoms with Crippen molar-refractivity contribution in [1.29, 1.82) is 0 Å². The molecule has 1 N–H and O–H groups in total. The highest BCUT2D eigenvalue weighted by molar-refractivity contribution is 5.94. The number of azo groups is 1. The first kappa shape index (κ1) is 32.7. The number of Topliss-reactive ketones (excluding diaryl/α,β-unsaturated/α-hetero) is 1. The number of methoxy groups -OCH3 is 1. The van der Waals surface area contributed by atoms with Crippen LogP contribution in [0, 0.1) is 26.0 Å².